The second-order valence-electron chi connectivity index (χ2n) is 5.49. The third-order valence-corrected chi connectivity index (χ3v) is 5.10. The molecule has 6 nitrogen and oxygen atoms in total. The third kappa shape index (κ3) is 4.68. The number of Topliss-reactive ketones (excluding diaryl/α,β-unsaturated/α-hetero) is 1. The van der Waals surface area contributed by atoms with Crippen molar-refractivity contribution in [2.45, 2.75) is 24.2 Å². The number of benzene rings is 2. The Morgan fingerprint density at radius 3 is 2.15 bits per heavy atom. The van der Waals surface area contributed by atoms with E-state index in [0.29, 0.717) is 16.9 Å². The molecule has 0 saturated heterocycles. The molecule has 2 aromatic carbocycles. The highest BCUT2D eigenvalue weighted by Crippen LogP contribution is 2.22. The Balaban J connectivity index is 2.15. The molecule has 0 heterocycles. The average molecular weight is 398 g/mol. The number of ether oxygens (including phenoxy) is 2. The van der Waals surface area contributed by atoms with Crippen LogP contribution < -0.4 is 4.74 Å². The molecule has 0 aliphatic rings. The first-order chi connectivity index (χ1) is 12.7. The first-order valence-electron chi connectivity index (χ1n) is 7.64. The largest absolute Gasteiger partial charge is 0.496 e. The molecule has 0 amide bonds. The molecule has 0 saturated carbocycles. The molecule has 2 rings (SSSR count). The van der Waals surface area contributed by atoms with Gasteiger partial charge < -0.3 is 9.47 Å². The van der Waals surface area contributed by atoms with Gasteiger partial charge in [-0.2, -0.15) is 8.78 Å². The summed E-state index contributed by atoms with van der Waals surface area (Å²) in [6, 6.07) is 8.68. The molecule has 2 aromatic rings. The molecule has 0 N–H and O–H groups in total. The van der Waals surface area contributed by atoms with Crippen LogP contribution in [0, 0.1) is 0 Å². The van der Waals surface area contributed by atoms with Crippen LogP contribution in [0.15, 0.2) is 47.4 Å². The van der Waals surface area contributed by atoms with Gasteiger partial charge >= 0.3 is 11.7 Å². The summed E-state index contributed by atoms with van der Waals surface area (Å²) in [6.45, 7) is 1.20. The van der Waals surface area contributed by atoms with Crippen LogP contribution in [-0.2, 0) is 21.2 Å². The minimum absolute atomic E-state index is 0.00935. The molecule has 0 aliphatic carbocycles. The molecule has 0 aliphatic heterocycles. The molecular formula is C18H16F2O6S. The summed E-state index contributed by atoms with van der Waals surface area (Å²) in [6.07, 6.45) is 0. The highest BCUT2D eigenvalue weighted by Gasteiger charge is 2.26. The number of rotatable bonds is 7. The zero-order chi connectivity index (χ0) is 20.2. The van der Waals surface area contributed by atoms with Crippen LogP contribution in [0.3, 0.4) is 0 Å². The number of hydrogen-bond donors (Lipinski definition) is 0. The normalized spacial score (nSPS) is 11.3. The Kier molecular flexibility index (Phi) is 6.27. The van der Waals surface area contributed by atoms with Crippen molar-refractivity contribution >= 4 is 21.6 Å². The van der Waals surface area contributed by atoms with Gasteiger partial charge in [-0.15, -0.1) is 0 Å². The van der Waals surface area contributed by atoms with E-state index in [-0.39, 0.29) is 18.0 Å². The minimum Gasteiger partial charge on any atom is -0.496 e. The van der Waals surface area contributed by atoms with Crippen LogP contribution in [0.5, 0.6) is 5.75 Å². The quantitative estimate of drug-likeness (QED) is 0.526. The summed E-state index contributed by atoms with van der Waals surface area (Å²) >= 11 is 0. The van der Waals surface area contributed by atoms with Crippen LogP contribution in [0.1, 0.15) is 33.2 Å². The first kappa shape index (κ1) is 20.5. The molecule has 0 radical (unpaired) electrons. The zero-order valence-corrected chi connectivity index (χ0v) is 15.3. The third-order valence-electron chi connectivity index (χ3n) is 3.70. The van der Waals surface area contributed by atoms with Crippen molar-refractivity contribution in [1.29, 1.82) is 0 Å². The second-order valence-corrected chi connectivity index (χ2v) is 7.41. The van der Waals surface area contributed by atoms with E-state index in [0.717, 1.165) is 24.3 Å². The number of carbonyl (C=O) groups is 2. The molecule has 9 heteroatoms. The lowest BCUT2D eigenvalue weighted by atomic mass is 10.1. The fraction of sp³-hybridized carbons (Fsp3) is 0.222. The predicted molar refractivity (Wildman–Crippen MR) is 91.7 cm³/mol. The number of hydrogen-bond acceptors (Lipinski definition) is 6. The minimum atomic E-state index is -4.73. The molecule has 0 fully saturated rings. The van der Waals surface area contributed by atoms with E-state index in [1.165, 1.54) is 20.1 Å². The summed E-state index contributed by atoms with van der Waals surface area (Å²) in [5, 5.41) is 0. The number of ketones is 1. The van der Waals surface area contributed by atoms with E-state index in [1.807, 2.05) is 0 Å². The van der Waals surface area contributed by atoms with Crippen molar-refractivity contribution in [2.75, 3.05) is 7.11 Å². The van der Waals surface area contributed by atoms with Gasteiger partial charge in [0.1, 0.15) is 12.4 Å². The molecule has 0 aromatic heterocycles. The maximum Gasteiger partial charge on any atom is 0.341 e. The Labute approximate surface area is 154 Å². The van der Waals surface area contributed by atoms with Gasteiger partial charge in [0.2, 0.25) is 9.84 Å². The van der Waals surface area contributed by atoms with Gasteiger partial charge in [0.05, 0.1) is 17.6 Å². The van der Waals surface area contributed by atoms with Gasteiger partial charge in [0, 0.05) is 11.1 Å². The Morgan fingerprint density at radius 1 is 1.04 bits per heavy atom. The Bertz CT molecular complexity index is 952. The van der Waals surface area contributed by atoms with E-state index in [1.54, 1.807) is 12.1 Å². The van der Waals surface area contributed by atoms with Crippen molar-refractivity contribution in [3.63, 3.8) is 0 Å². The predicted octanol–water partition coefficient (Wildman–Crippen LogP) is 3.25. The maximum absolute atomic E-state index is 12.5. The monoisotopic (exact) mass is 398 g/mol. The van der Waals surface area contributed by atoms with Gasteiger partial charge in [-0.1, -0.05) is 0 Å². The second kappa shape index (κ2) is 8.26. The van der Waals surface area contributed by atoms with Crippen LogP contribution in [0.4, 0.5) is 8.78 Å². The van der Waals surface area contributed by atoms with Gasteiger partial charge in [-0.3, -0.25) is 4.79 Å². The number of esters is 1. The van der Waals surface area contributed by atoms with Crippen molar-refractivity contribution in [1.82, 2.24) is 0 Å². The Morgan fingerprint density at radius 2 is 1.63 bits per heavy atom. The lowest BCUT2D eigenvalue weighted by molar-refractivity contribution is 0.0470. The van der Waals surface area contributed by atoms with E-state index in [2.05, 4.69) is 0 Å². The smallest absolute Gasteiger partial charge is 0.341 e. The summed E-state index contributed by atoms with van der Waals surface area (Å²) in [5.74, 6) is -4.07. The van der Waals surface area contributed by atoms with Crippen LogP contribution >= 0.6 is 0 Å². The SMILES string of the molecule is COc1ccc(C(C)=O)cc1COC(=O)c1ccc(S(=O)(=O)C(F)F)cc1. The Hall–Kier alpha value is -2.81. The number of sulfone groups is 1. The van der Waals surface area contributed by atoms with E-state index < -0.39 is 26.5 Å². The topological polar surface area (TPSA) is 86.7 Å². The summed E-state index contributed by atoms with van der Waals surface area (Å²) in [5.41, 5.74) is 0.878. The van der Waals surface area contributed by atoms with Gasteiger partial charge in [0.25, 0.3) is 0 Å². The van der Waals surface area contributed by atoms with Crippen molar-refractivity contribution < 1.29 is 36.3 Å². The molecule has 0 unspecified atom stereocenters. The van der Waals surface area contributed by atoms with E-state index in [4.69, 9.17) is 9.47 Å². The zero-order valence-electron chi connectivity index (χ0n) is 14.4. The fourth-order valence-electron chi connectivity index (χ4n) is 2.22. The number of halogens is 2. The molecule has 0 bridgehead atoms. The average Bonchev–Trinajstić information content (AvgIpc) is 2.65. The molecule has 144 valence electrons. The van der Waals surface area contributed by atoms with Gasteiger partial charge in [-0.05, 0) is 49.4 Å². The van der Waals surface area contributed by atoms with Crippen LogP contribution in [0.2, 0.25) is 0 Å². The van der Waals surface area contributed by atoms with E-state index >= 15 is 0 Å². The maximum atomic E-state index is 12.5. The molecule has 0 atom stereocenters. The lowest BCUT2D eigenvalue weighted by Crippen LogP contribution is -2.12. The summed E-state index contributed by atoms with van der Waals surface area (Å²) in [4.78, 5) is 23.0. The number of alkyl halides is 2. The van der Waals surface area contributed by atoms with Crippen LogP contribution in [0.25, 0.3) is 0 Å². The summed E-state index contributed by atoms with van der Waals surface area (Å²) in [7, 11) is -3.30. The molecular weight excluding hydrogens is 382 g/mol. The van der Waals surface area contributed by atoms with Gasteiger partial charge in [0.15, 0.2) is 5.78 Å². The van der Waals surface area contributed by atoms with E-state index in [9.17, 15) is 26.8 Å². The highest BCUT2D eigenvalue weighted by molar-refractivity contribution is 7.91. The highest BCUT2D eigenvalue weighted by atomic mass is 32.2. The standard InChI is InChI=1S/C18H16F2O6S/c1-11(21)13-5-8-16(25-2)14(9-13)10-26-17(22)12-3-6-15(7-4-12)27(23,24)18(19)20/h3-9,18H,10H2,1-2H3. The fourth-order valence-corrected chi connectivity index (χ4v) is 2.94. The van der Waals surface area contributed by atoms with Gasteiger partial charge in [-0.25, -0.2) is 13.2 Å². The number of carbonyl (C=O) groups excluding carboxylic acids is 2. The lowest BCUT2D eigenvalue weighted by Gasteiger charge is -2.11. The molecule has 0 spiro atoms. The first-order valence-corrected chi connectivity index (χ1v) is 9.18. The van der Waals surface area contributed by atoms with Crippen molar-refractivity contribution in [2.24, 2.45) is 0 Å². The molecule has 27 heavy (non-hydrogen) atoms. The number of methoxy groups -OCH3 is 1. The summed E-state index contributed by atoms with van der Waals surface area (Å²) < 4.78 is 58.1. The van der Waals surface area contributed by atoms with Crippen LogP contribution in [-0.4, -0.2) is 33.0 Å². The van der Waals surface area contributed by atoms with Crippen molar-refractivity contribution in [3.8, 4) is 5.75 Å². The van der Waals surface area contributed by atoms with Crippen molar-refractivity contribution in [3.05, 3.63) is 59.2 Å².